The first-order valence-corrected chi connectivity index (χ1v) is 7.89. The molecular weight excluding hydrogens is 336 g/mol. The van der Waals surface area contributed by atoms with Crippen molar-refractivity contribution in [3.8, 4) is 23.0 Å². The van der Waals surface area contributed by atoms with Crippen molar-refractivity contribution in [3.63, 3.8) is 0 Å². The van der Waals surface area contributed by atoms with E-state index in [1.807, 2.05) is 31.2 Å². The first-order valence-electron chi connectivity index (χ1n) is 7.89. The van der Waals surface area contributed by atoms with E-state index in [2.05, 4.69) is 10.5 Å². The van der Waals surface area contributed by atoms with Crippen molar-refractivity contribution in [3.05, 3.63) is 47.5 Å². The molecule has 0 spiro atoms. The third kappa shape index (κ3) is 4.89. The summed E-state index contributed by atoms with van der Waals surface area (Å²) in [5.74, 6) is 1.79. The zero-order chi connectivity index (χ0) is 18.9. The van der Waals surface area contributed by atoms with E-state index in [1.165, 1.54) is 27.5 Å². The van der Waals surface area contributed by atoms with E-state index in [9.17, 15) is 4.79 Å². The average Bonchev–Trinajstić information content (AvgIpc) is 2.66. The van der Waals surface area contributed by atoms with E-state index >= 15 is 0 Å². The summed E-state index contributed by atoms with van der Waals surface area (Å²) in [6.07, 6.45) is 1.48. The van der Waals surface area contributed by atoms with Crippen LogP contribution in [0.1, 0.15) is 11.1 Å². The lowest BCUT2D eigenvalue weighted by Gasteiger charge is -2.12. The van der Waals surface area contributed by atoms with Crippen LogP contribution in [0, 0.1) is 6.92 Å². The lowest BCUT2D eigenvalue weighted by atomic mass is 10.2. The van der Waals surface area contributed by atoms with E-state index in [-0.39, 0.29) is 12.5 Å². The van der Waals surface area contributed by atoms with Gasteiger partial charge in [-0.2, -0.15) is 5.10 Å². The van der Waals surface area contributed by atoms with Crippen molar-refractivity contribution in [2.24, 2.45) is 5.10 Å². The predicted molar refractivity (Wildman–Crippen MR) is 98.5 cm³/mol. The molecule has 0 saturated heterocycles. The molecule has 0 atom stereocenters. The van der Waals surface area contributed by atoms with Gasteiger partial charge in [0.15, 0.2) is 18.1 Å². The molecule has 2 aromatic carbocycles. The van der Waals surface area contributed by atoms with Crippen LogP contribution in [0.2, 0.25) is 0 Å². The van der Waals surface area contributed by atoms with Crippen LogP contribution in [-0.2, 0) is 4.79 Å². The molecule has 7 nitrogen and oxygen atoms in total. The Morgan fingerprint density at radius 2 is 1.69 bits per heavy atom. The molecule has 0 bridgehead atoms. The van der Waals surface area contributed by atoms with Gasteiger partial charge >= 0.3 is 0 Å². The van der Waals surface area contributed by atoms with Crippen LogP contribution in [0.5, 0.6) is 23.0 Å². The molecule has 2 rings (SSSR count). The fourth-order valence-electron chi connectivity index (χ4n) is 2.25. The molecule has 0 aromatic heterocycles. The van der Waals surface area contributed by atoms with Crippen LogP contribution in [0.3, 0.4) is 0 Å². The maximum Gasteiger partial charge on any atom is 0.277 e. The van der Waals surface area contributed by atoms with Gasteiger partial charge < -0.3 is 18.9 Å². The number of carbonyl (C=O) groups excluding carboxylic acids is 1. The number of nitrogens with zero attached hydrogens (tertiary/aromatic N) is 1. The number of para-hydroxylation sites is 1. The van der Waals surface area contributed by atoms with Gasteiger partial charge in [0.1, 0.15) is 5.75 Å². The van der Waals surface area contributed by atoms with Gasteiger partial charge in [0.05, 0.1) is 27.5 Å². The lowest BCUT2D eigenvalue weighted by molar-refractivity contribution is -0.123. The van der Waals surface area contributed by atoms with Crippen LogP contribution in [0.4, 0.5) is 0 Å². The van der Waals surface area contributed by atoms with Crippen molar-refractivity contribution >= 4 is 12.1 Å². The number of hydrazone groups is 1. The maximum atomic E-state index is 11.8. The Bertz CT molecular complexity index is 764. The molecule has 7 heteroatoms. The Morgan fingerprint density at radius 1 is 1.04 bits per heavy atom. The number of nitrogens with one attached hydrogen (secondary N) is 1. The third-order valence-corrected chi connectivity index (χ3v) is 3.54. The van der Waals surface area contributed by atoms with Gasteiger partial charge in [0.25, 0.3) is 5.91 Å². The fourth-order valence-corrected chi connectivity index (χ4v) is 2.25. The number of ether oxygens (including phenoxy) is 4. The zero-order valence-electron chi connectivity index (χ0n) is 15.2. The number of hydrogen-bond donors (Lipinski definition) is 1. The Morgan fingerprint density at radius 3 is 2.27 bits per heavy atom. The summed E-state index contributed by atoms with van der Waals surface area (Å²) in [5, 5.41) is 3.93. The van der Waals surface area contributed by atoms with E-state index in [4.69, 9.17) is 18.9 Å². The SMILES string of the molecule is COc1cc(/C=N/NC(=O)COc2ccccc2C)cc(OC)c1OC. The number of amides is 1. The van der Waals surface area contributed by atoms with Gasteiger partial charge in [0, 0.05) is 5.56 Å². The summed E-state index contributed by atoms with van der Waals surface area (Å²) in [4.78, 5) is 11.8. The number of hydrogen-bond acceptors (Lipinski definition) is 6. The number of carbonyl (C=O) groups is 1. The standard InChI is InChI=1S/C19H22N2O5/c1-13-7-5-6-8-15(13)26-12-18(22)21-20-11-14-9-16(23-2)19(25-4)17(10-14)24-3/h5-11H,12H2,1-4H3,(H,21,22)/b20-11+. The molecule has 1 amide bonds. The molecule has 0 unspecified atom stereocenters. The highest BCUT2D eigenvalue weighted by Gasteiger charge is 2.12. The predicted octanol–water partition coefficient (Wildman–Crippen LogP) is 2.55. The van der Waals surface area contributed by atoms with Gasteiger partial charge in [-0.1, -0.05) is 18.2 Å². The number of rotatable bonds is 8. The number of methoxy groups -OCH3 is 3. The molecule has 0 saturated carbocycles. The Kier molecular flexibility index (Phi) is 6.84. The zero-order valence-corrected chi connectivity index (χ0v) is 15.2. The van der Waals surface area contributed by atoms with Gasteiger partial charge in [-0.3, -0.25) is 4.79 Å². The first-order chi connectivity index (χ1) is 12.6. The van der Waals surface area contributed by atoms with Crippen LogP contribution < -0.4 is 24.4 Å². The van der Waals surface area contributed by atoms with Crippen molar-refractivity contribution < 1.29 is 23.7 Å². The smallest absolute Gasteiger partial charge is 0.277 e. The van der Waals surface area contributed by atoms with E-state index in [1.54, 1.807) is 12.1 Å². The maximum absolute atomic E-state index is 11.8. The van der Waals surface area contributed by atoms with E-state index < -0.39 is 0 Å². The monoisotopic (exact) mass is 358 g/mol. The Hall–Kier alpha value is -3.22. The molecular formula is C19H22N2O5. The molecule has 0 heterocycles. The molecule has 1 N–H and O–H groups in total. The van der Waals surface area contributed by atoms with Gasteiger partial charge in [-0.05, 0) is 30.7 Å². The minimum Gasteiger partial charge on any atom is -0.493 e. The highest BCUT2D eigenvalue weighted by atomic mass is 16.5. The number of benzene rings is 2. The van der Waals surface area contributed by atoms with Crippen molar-refractivity contribution in [1.29, 1.82) is 0 Å². The van der Waals surface area contributed by atoms with Gasteiger partial charge in [-0.25, -0.2) is 5.43 Å². The summed E-state index contributed by atoms with van der Waals surface area (Å²) in [6.45, 7) is 1.79. The van der Waals surface area contributed by atoms with E-state index in [0.717, 1.165) is 5.56 Å². The first kappa shape index (κ1) is 19.1. The Labute approximate surface area is 152 Å². The molecule has 26 heavy (non-hydrogen) atoms. The van der Waals surface area contributed by atoms with Crippen LogP contribution >= 0.6 is 0 Å². The minimum atomic E-state index is -0.364. The van der Waals surface area contributed by atoms with E-state index in [0.29, 0.717) is 28.6 Å². The summed E-state index contributed by atoms with van der Waals surface area (Å²) < 4.78 is 21.3. The fraction of sp³-hybridized carbons (Fsp3) is 0.263. The highest BCUT2D eigenvalue weighted by Crippen LogP contribution is 2.37. The quantitative estimate of drug-likeness (QED) is 0.580. The molecule has 0 aliphatic rings. The molecule has 0 aliphatic heterocycles. The van der Waals surface area contributed by atoms with Crippen LogP contribution in [0.15, 0.2) is 41.5 Å². The lowest BCUT2D eigenvalue weighted by Crippen LogP contribution is -2.24. The normalized spacial score (nSPS) is 10.5. The largest absolute Gasteiger partial charge is 0.493 e. The molecule has 0 fully saturated rings. The highest BCUT2D eigenvalue weighted by molar-refractivity contribution is 5.84. The molecule has 0 aliphatic carbocycles. The summed E-state index contributed by atoms with van der Waals surface area (Å²) in [6, 6.07) is 10.9. The number of aryl methyl sites for hydroxylation is 1. The second kappa shape index (κ2) is 9.31. The topological polar surface area (TPSA) is 78.4 Å². The van der Waals surface area contributed by atoms with Crippen molar-refractivity contribution in [1.82, 2.24) is 5.43 Å². The second-order valence-corrected chi connectivity index (χ2v) is 5.31. The third-order valence-electron chi connectivity index (χ3n) is 3.54. The van der Waals surface area contributed by atoms with Crippen molar-refractivity contribution in [2.45, 2.75) is 6.92 Å². The molecule has 0 radical (unpaired) electrons. The molecule has 138 valence electrons. The minimum absolute atomic E-state index is 0.128. The summed E-state index contributed by atoms with van der Waals surface area (Å²) in [7, 11) is 4.59. The van der Waals surface area contributed by atoms with Gasteiger partial charge in [-0.15, -0.1) is 0 Å². The van der Waals surface area contributed by atoms with Gasteiger partial charge in [0.2, 0.25) is 5.75 Å². The average molecular weight is 358 g/mol. The summed E-state index contributed by atoms with van der Waals surface area (Å²) >= 11 is 0. The van der Waals surface area contributed by atoms with Crippen LogP contribution in [-0.4, -0.2) is 40.1 Å². The second-order valence-electron chi connectivity index (χ2n) is 5.31. The molecule has 2 aromatic rings. The van der Waals surface area contributed by atoms with Crippen LogP contribution in [0.25, 0.3) is 0 Å². The summed E-state index contributed by atoms with van der Waals surface area (Å²) in [5.41, 5.74) is 4.06. The Balaban J connectivity index is 1.97. The van der Waals surface area contributed by atoms with Crippen molar-refractivity contribution in [2.75, 3.05) is 27.9 Å².